The van der Waals surface area contributed by atoms with Crippen molar-refractivity contribution in [3.8, 4) is 0 Å². The predicted octanol–water partition coefficient (Wildman–Crippen LogP) is 3.18. The molecule has 1 amide bonds. The van der Waals surface area contributed by atoms with Gasteiger partial charge >= 0.3 is 0 Å². The standard InChI is InChI=1S/C13H14ClN3OS/c1-7(9-4-3-5-10(14)6-9)16-12(18)11-8(2)17-13(15)19-11/h3-7H,1-2H3,(H2,15,17)(H,16,18)/t7-/m0/s1. The third kappa shape index (κ3) is 3.24. The van der Waals surface area contributed by atoms with Gasteiger partial charge in [-0.15, -0.1) is 0 Å². The van der Waals surface area contributed by atoms with Crippen molar-refractivity contribution in [3.63, 3.8) is 0 Å². The number of rotatable bonds is 3. The SMILES string of the molecule is Cc1nc(N)sc1C(=O)N[C@@H](C)c1cccc(Cl)c1. The van der Waals surface area contributed by atoms with Crippen molar-refractivity contribution in [1.82, 2.24) is 10.3 Å². The first kappa shape index (κ1) is 13.8. The van der Waals surface area contributed by atoms with Gasteiger partial charge in [0.05, 0.1) is 11.7 Å². The molecule has 1 atom stereocenters. The molecule has 1 heterocycles. The van der Waals surface area contributed by atoms with E-state index in [1.807, 2.05) is 25.1 Å². The largest absolute Gasteiger partial charge is 0.375 e. The molecular weight excluding hydrogens is 282 g/mol. The molecule has 100 valence electrons. The summed E-state index contributed by atoms with van der Waals surface area (Å²) < 4.78 is 0. The summed E-state index contributed by atoms with van der Waals surface area (Å²) in [6, 6.07) is 7.28. The monoisotopic (exact) mass is 295 g/mol. The molecule has 0 unspecified atom stereocenters. The number of aryl methyl sites for hydroxylation is 1. The van der Waals surface area contributed by atoms with E-state index in [-0.39, 0.29) is 11.9 Å². The number of carbonyl (C=O) groups excluding carboxylic acids is 1. The van der Waals surface area contributed by atoms with Gasteiger partial charge in [-0.25, -0.2) is 4.98 Å². The van der Waals surface area contributed by atoms with E-state index in [1.54, 1.807) is 13.0 Å². The lowest BCUT2D eigenvalue weighted by atomic mass is 10.1. The number of hydrogen-bond acceptors (Lipinski definition) is 4. The van der Waals surface area contributed by atoms with E-state index in [9.17, 15) is 4.79 Å². The van der Waals surface area contributed by atoms with E-state index < -0.39 is 0 Å². The van der Waals surface area contributed by atoms with Crippen LogP contribution < -0.4 is 11.1 Å². The fourth-order valence-corrected chi connectivity index (χ4v) is 2.68. The molecule has 2 rings (SSSR count). The molecule has 3 N–H and O–H groups in total. The summed E-state index contributed by atoms with van der Waals surface area (Å²) in [4.78, 5) is 16.7. The van der Waals surface area contributed by atoms with Gasteiger partial charge in [0.1, 0.15) is 4.88 Å². The molecule has 1 aromatic heterocycles. The van der Waals surface area contributed by atoms with Crippen LogP contribution >= 0.6 is 22.9 Å². The van der Waals surface area contributed by atoms with Gasteiger partial charge in [0.25, 0.3) is 5.91 Å². The first-order chi connectivity index (χ1) is 8.97. The van der Waals surface area contributed by atoms with E-state index in [2.05, 4.69) is 10.3 Å². The highest BCUT2D eigenvalue weighted by Gasteiger charge is 2.17. The minimum absolute atomic E-state index is 0.131. The van der Waals surface area contributed by atoms with Crippen molar-refractivity contribution in [1.29, 1.82) is 0 Å². The molecule has 0 fully saturated rings. The summed E-state index contributed by atoms with van der Waals surface area (Å²) in [5, 5.41) is 3.96. The lowest BCUT2D eigenvalue weighted by Crippen LogP contribution is -2.26. The van der Waals surface area contributed by atoms with E-state index in [4.69, 9.17) is 17.3 Å². The number of carbonyl (C=O) groups is 1. The molecule has 0 aliphatic heterocycles. The molecule has 4 nitrogen and oxygen atoms in total. The average Bonchev–Trinajstić information content (AvgIpc) is 2.68. The summed E-state index contributed by atoms with van der Waals surface area (Å²) in [5.74, 6) is -0.167. The molecular formula is C13H14ClN3OS. The first-order valence-corrected chi connectivity index (χ1v) is 6.96. The molecule has 19 heavy (non-hydrogen) atoms. The molecule has 0 spiro atoms. The fraction of sp³-hybridized carbons (Fsp3) is 0.231. The summed E-state index contributed by atoms with van der Waals surface area (Å²) in [6.07, 6.45) is 0. The maximum absolute atomic E-state index is 12.1. The summed E-state index contributed by atoms with van der Waals surface area (Å²) in [7, 11) is 0. The number of anilines is 1. The number of aromatic nitrogens is 1. The van der Waals surface area contributed by atoms with Crippen LogP contribution in [0.5, 0.6) is 0 Å². The Balaban J connectivity index is 2.13. The van der Waals surface area contributed by atoms with Crippen LogP contribution in [0.4, 0.5) is 5.13 Å². The van der Waals surface area contributed by atoms with Crippen molar-refractivity contribution in [2.45, 2.75) is 19.9 Å². The summed E-state index contributed by atoms with van der Waals surface area (Å²) in [5.41, 5.74) is 7.19. The lowest BCUT2D eigenvalue weighted by Gasteiger charge is -2.14. The number of nitrogen functional groups attached to an aromatic ring is 1. The number of benzene rings is 1. The molecule has 0 saturated heterocycles. The normalized spacial score (nSPS) is 12.2. The molecule has 0 radical (unpaired) electrons. The third-order valence-electron chi connectivity index (χ3n) is 2.72. The number of nitrogens with one attached hydrogen (secondary N) is 1. The quantitative estimate of drug-likeness (QED) is 0.914. The van der Waals surface area contributed by atoms with Crippen LogP contribution in [0.2, 0.25) is 5.02 Å². The van der Waals surface area contributed by atoms with Crippen LogP contribution in [-0.2, 0) is 0 Å². The van der Waals surface area contributed by atoms with Gasteiger partial charge in [-0.3, -0.25) is 4.79 Å². The van der Waals surface area contributed by atoms with Crippen molar-refractivity contribution in [2.75, 3.05) is 5.73 Å². The third-order valence-corrected chi connectivity index (χ3v) is 3.94. The van der Waals surface area contributed by atoms with Crippen LogP contribution in [0.15, 0.2) is 24.3 Å². The van der Waals surface area contributed by atoms with E-state index in [0.717, 1.165) is 5.56 Å². The van der Waals surface area contributed by atoms with Crippen molar-refractivity contribution in [3.05, 3.63) is 45.4 Å². The highest BCUT2D eigenvalue weighted by Crippen LogP contribution is 2.22. The molecule has 0 bridgehead atoms. The Morgan fingerprint density at radius 2 is 2.26 bits per heavy atom. The number of nitrogens with two attached hydrogens (primary N) is 1. The van der Waals surface area contributed by atoms with Crippen LogP contribution in [-0.4, -0.2) is 10.9 Å². The smallest absolute Gasteiger partial charge is 0.263 e. The molecule has 1 aromatic carbocycles. The number of thiazole rings is 1. The predicted molar refractivity (Wildman–Crippen MR) is 78.6 cm³/mol. The Labute approximate surface area is 120 Å². The number of halogens is 1. The Bertz CT molecular complexity index is 612. The second kappa shape index (κ2) is 5.59. The molecule has 6 heteroatoms. The average molecular weight is 296 g/mol. The first-order valence-electron chi connectivity index (χ1n) is 5.76. The summed E-state index contributed by atoms with van der Waals surface area (Å²) >= 11 is 7.13. The van der Waals surface area contributed by atoms with Gasteiger partial charge in [-0.05, 0) is 31.5 Å². The minimum Gasteiger partial charge on any atom is -0.375 e. The maximum Gasteiger partial charge on any atom is 0.263 e. The van der Waals surface area contributed by atoms with Gasteiger partial charge in [0.2, 0.25) is 0 Å². The van der Waals surface area contributed by atoms with E-state index >= 15 is 0 Å². The molecule has 0 aliphatic carbocycles. The van der Waals surface area contributed by atoms with Crippen molar-refractivity contribution >= 4 is 34.0 Å². The highest BCUT2D eigenvalue weighted by molar-refractivity contribution is 7.17. The van der Waals surface area contributed by atoms with Crippen molar-refractivity contribution in [2.24, 2.45) is 0 Å². The van der Waals surface area contributed by atoms with Crippen LogP contribution in [0, 0.1) is 6.92 Å². The Morgan fingerprint density at radius 1 is 1.53 bits per heavy atom. The zero-order valence-corrected chi connectivity index (χ0v) is 12.2. The number of nitrogens with zero attached hydrogens (tertiary/aromatic N) is 1. The Morgan fingerprint density at radius 3 is 2.84 bits per heavy atom. The molecule has 0 saturated carbocycles. The lowest BCUT2D eigenvalue weighted by molar-refractivity contribution is 0.0943. The Kier molecular flexibility index (Phi) is 4.07. The van der Waals surface area contributed by atoms with Crippen LogP contribution in [0.3, 0.4) is 0 Å². The Hall–Kier alpha value is -1.59. The van der Waals surface area contributed by atoms with Gasteiger partial charge in [-0.1, -0.05) is 35.1 Å². The topological polar surface area (TPSA) is 68.0 Å². The minimum atomic E-state index is -0.167. The van der Waals surface area contributed by atoms with E-state index in [0.29, 0.717) is 20.7 Å². The van der Waals surface area contributed by atoms with Crippen LogP contribution in [0.1, 0.15) is 33.9 Å². The zero-order chi connectivity index (χ0) is 14.0. The summed E-state index contributed by atoms with van der Waals surface area (Å²) in [6.45, 7) is 3.68. The van der Waals surface area contributed by atoms with Gasteiger partial charge in [0.15, 0.2) is 5.13 Å². The van der Waals surface area contributed by atoms with Gasteiger partial charge < -0.3 is 11.1 Å². The van der Waals surface area contributed by atoms with Gasteiger partial charge in [-0.2, -0.15) is 0 Å². The number of hydrogen-bond donors (Lipinski definition) is 2. The zero-order valence-electron chi connectivity index (χ0n) is 10.6. The molecule has 0 aliphatic rings. The second-order valence-corrected chi connectivity index (χ2v) is 5.68. The van der Waals surface area contributed by atoms with E-state index in [1.165, 1.54) is 11.3 Å². The fourth-order valence-electron chi connectivity index (χ4n) is 1.75. The van der Waals surface area contributed by atoms with Gasteiger partial charge in [0, 0.05) is 5.02 Å². The number of amides is 1. The van der Waals surface area contributed by atoms with Crippen molar-refractivity contribution < 1.29 is 4.79 Å². The molecule has 2 aromatic rings. The highest BCUT2D eigenvalue weighted by atomic mass is 35.5. The van der Waals surface area contributed by atoms with Crippen LogP contribution in [0.25, 0.3) is 0 Å². The second-order valence-electron chi connectivity index (χ2n) is 4.22. The maximum atomic E-state index is 12.1.